The van der Waals surface area contributed by atoms with Gasteiger partial charge in [-0.15, -0.1) is 0 Å². The van der Waals surface area contributed by atoms with E-state index >= 15 is 0 Å². The van der Waals surface area contributed by atoms with E-state index in [0.29, 0.717) is 25.5 Å². The minimum Gasteiger partial charge on any atom is -0.383 e. The summed E-state index contributed by atoms with van der Waals surface area (Å²) in [4.78, 5) is 11.6. The highest BCUT2D eigenvalue weighted by Gasteiger charge is 2.23. The molecule has 1 amide bonds. The average molecular weight is 242 g/mol. The van der Waals surface area contributed by atoms with Crippen LogP contribution in [0, 0.1) is 11.8 Å². The van der Waals surface area contributed by atoms with Gasteiger partial charge in [0, 0.05) is 33.2 Å². The number of methoxy groups -OCH3 is 1. The van der Waals surface area contributed by atoms with Crippen molar-refractivity contribution in [1.82, 2.24) is 10.6 Å². The Morgan fingerprint density at radius 3 is 2.76 bits per heavy atom. The maximum absolute atomic E-state index is 11.6. The predicted octanol–water partition coefficient (Wildman–Crippen LogP) is 1.16. The van der Waals surface area contributed by atoms with Crippen molar-refractivity contribution in [3.8, 4) is 0 Å². The van der Waals surface area contributed by atoms with Gasteiger partial charge in [-0.25, -0.2) is 0 Å². The second-order valence-electron chi connectivity index (χ2n) is 5.08. The van der Waals surface area contributed by atoms with E-state index in [2.05, 4.69) is 17.6 Å². The van der Waals surface area contributed by atoms with Crippen LogP contribution < -0.4 is 10.6 Å². The highest BCUT2D eigenvalue weighted by Crippen LogP contribution is 2.32. The van der Waals surface area contributed by atoms with Gasteiger partial charge >= 0.3 is 0 Å². The van der Waals surface area contributed by atoms with Crippen LogP contribution >= 0.6 is 0 Å². The maximum Gasteiger partial charge on any atom is 0.220 e. The summed E-state index contributed by atoms with van der Waals surface area (Å²) in [5, 5.41) is 6.16. The van der Waals surface area contributed by atoms with Gasteiger partial charge in [-0.05, 0) is 24.7 Å². The van der Waals surface area contributed by atoms with Gasteiger partial charge in [-0.1, -0.05) is 13.3 Å². The average Bonchev–Trinajstić information content (AvgIpc) is 2.69. The van der Waals surface area contributed by atoms with Crippen LogP contribution in [0.15, 0.2) is 0 Å². The highest BCUT2D eigenvalue weighted by molar-refractivity contribution is 5.76. The molecule has 1 rings (SSSR count). The van der Waals surface area contributed by atoms with Crippen LogP contribution in [0.5, 0.6) is 0 Å². The molecule has 0 aromatic rings. The van der Waals surface area contributed by atoms with Crippen molar-refractivity contribution in [2.75, 3.05) is 33.4 Å². The monoisotopic (exact) mass is 242 g/mol. The third-order valence-corrected chi connectivity index (χ3v) is 3.38. The first-order valence-corrected chi connectivity index (χ1v) is 6.68. The molecule has 0 heterocycles. The fraction of sp³-hybridized carbons (Fsp3) is 0.923. The van der Waals surface area contributed by atoms with Crippen molar-refractivity contribution in [3.05, 3.63) is 0 Å². The summed E-state index contributed by atoms with van der Waals surface area (Å²) >= 11 is 0. The van der Waals surface area contributed by atoms with E-state index in [1.807, 2.05) is 0 Å². The molecule has 0 aromatic heterocycles. The molecule has 2 unspecified atom stereocenters. The van der Waals surface area contributed by atoms with E-state index in [-0.39, 0.29) is 5.91 Å². The second-order valence-corrected chi connectivity index (χ2v) is 5.08. The first kappa shape index (κ1) is 14.5. The lowest BCUT2D eigenvalue weighted by Gasteiger charge is -2.10. The molecule has 0 aromatic carbocycles. The van der Waals surface area contributed by atoms with E-state index in [1.54, 1.807) is 7.11 Å². The molecule has 2 atom stereocenters. The van der Waals surface area contributed by atoms with Crippen molar-refractivity contribution in [3.63, 3.8) is 0 Å². The number of carbonyl (C=O) groups excluding carboxylic acids is 1. The Morgan fingerprint density at radius 1 is 1.29 bits per heavy atom. The van der Waals surface area contributed by atoms with E-state index < -0.39 is 0 Å². The summed E-state index contributed by atoms with van der Waals surface area (Å²) < 4.78 is 4.92. The molecule has 2 N–H and O–H groups in total. The molecule has 0 radical (unpaired) electrons. The number of nitrogens with one attached hydrogen (secondary N) is 2. The fourth-order valence-corrected chi connectivity index (χ4v) is 2.43. The lowest BCUT2D eigenvalue weighted by atomic mass is 10.0. The Hall–Kier alpha value is -0.610. The molecular formula is C13H26N2O2. The lowest BCUT2D eigenvalue weighted by molar-refractivity contribution is -0.121. The molecular weight excluding hydrogens is 216 g/mol. The molecule has 17 heavy (non-hydrogen) atoms. The Labute approximate surface area is 104 Å². The Kier molecular flexibility index (Phi) is 7.21. The summed E-state index contributed by atoms with van der Waals surface area (Å²) in [7, 11) is 1.69. The van der Waals surface area contributed by atoms with Crippen LogP contribution in [0.4, 0.5) is 0 Å². The van der Waals surface area contributed by atoms with Crippen molar-refractivity contribution in [1.29, 1.82) is 0 Å². The maximum atomic E-state index is 11.6. The summed E-state index contributed by atoms with van der Waals surface area (Å²) in [5.41, 5.74) is 0. The highest BCUT2D eigenvalue weighted by atomic mass is 16.5. The van der Waals surface area contributed by atoms with Crippen LogP contribution in [-0.2, 0) is 9.53 Å². The van der Waals surface area contributed by atoms with Crippen LogP contribution in [0.1, 0.15) is 32.6 Å². The summed E-state index contributed by atoms with van der Waals surface area (Å²) in [6.45, 7) is 5.36. The van der Waals surface area contributed by atoms with Crippen molar-refractivity contribution >= 4 is 5.91 Å². The molecule has 1 saturated carbocycles. The molecule has 0 bridgehead atoms. The summed E-state index contributed by atoms with van der Waals surface area (Å²) in [6.07, 6.45) is 4.44. The van der Waals surface area contributed by atoms with Crippen LogP contribution in [0.2, 0.25) is 0 Å². The van der Waals surface area contributed by atoms with Crippen LogP contribution in [-0.4, -0.2) is 39.3 Å². The number of ether oxygens (including phenoxy) is 1. The van der Waals surface area contributed by atoms with Gasteiger partial charge in [0.15, 0.2) is 0 Å². The largest absolute Gasteiger partial charge is 0.383 e. The second kappa shape index (κ2) is 8.48. The first-order chi connectivity index (χ1) is 8.22. The van der Waals surface area contributed by atoms with E-state index in [0.717, 1.165) is 19.0 Å². The Morgan fingerprint density at radius 2 is 2.12 bits per heavy atom. The quantitative estimate of drug-likeness (QED) is 0.628. The standard InChI is InChI=1S/C13H26N2O2/c1-11-3-4-12(9-11)10-13(16)15-6-5-14-7-8-17-2/h11-12,14H,3-10H2,1-2H3,(H,15,16). The van der Waals surface area contributed by atoms with Crippen molar-refractivity contribution in [2.45, 2.75) is 32.6 Å². The third kappa shape index (κ3) is 6.64. The molecule has 0 saturated heterocycles. The van der Waals surface area contributed by atoms with E-state index in [1.165, 1.54) is 19.3 Å². The van der Waals surface area contributed by atoms with Gasteiger partial charge in [-0.2, -0.15) is 0 Å². The third-order valence-electron chi connectivity index (χ3n) is 3.38. The van der Waals surface area contributed by atoms with Crippen molar-refractivity contribution in [2.24, 2.45) is 11.8 Å². The molecule has 1 fully saturated rings. The zero-order chi connectivity index (χ0) is 12.5. The smallest absolute Gasteiger partial charge is 0.220 e. The van der Waals surface area contributed by atoms with Crippen LogP contribution in [0.25, 0.3) is 0 Å². The molecule has 1 aliphatic rings. The fourth-order valence-electron chi connectivity index (χ4n) is 2.43. The summed E-state index contributed by atoms with van der Waals surface area (Å²) in [6, 6.07) is 0. The normalized spacial score (nSPS) is 23.9. The SMILES string of the molecule is COCCNCCNC(=O)CC1CCC(C)C1. The molecule has 0 aliphatic heterocycles. The molecule has 0 spiro atoms. The van der Waals surface area contributed by atoms with Gasteiger partial charge in [0.25, 0.3) is 0 Å². The zero-order valence-electron chi connectivity index (χ0n) is 11.1. The minimum absolute atomic E-state index is 0.206. The molecule has 100 valence electrons. The molecule has 4 nitrogen and oxygen atoms in total. The predicted molar refractivity (Wildman–Crippen MR) is 68.9 cm³/mol. The number of carbonyl (C=O) groups is 1. The van der Waals surface area contributed by atoms with Crippen molar-refractivity contribution < 1.29 is 9.53 Å². The van der Waals surface area contributed by atoms with Gasteiger partial charge in [-0.3, -0.25) is 4.79 Å². The minimum atomic E-state index is 0.206. The lowest BCUT2D eigenvalue weighted by Crippen LogP contribution is -2.33. The van der Waals surface area contributed by atoms with Gasteiger partial charge in [0.2, 0.25) is 5.91 Å². The van der Waals surface area contributed by atoms with Gasteiger partial charge in [0.05, 0.1) is 6.61 Å². The van der Waals surface area contributed by atoms with Gasteiger partial charge < -0.3 is 15.4 Å². The molecule has 4 heteroatoms. The summed E-state index contributed by atoms with van der Waals surface area (Å²) in [5.74, 6) is 1.63. The van der Waals surface area contributed by atoms with Gasteiger partial charge in [0.1, 0.15) is 0 Å². The van der Waals surface area contributed by atoms with E-state index in [9.17, 15) is 4.79 Å². The first-order valence-electron chi connectivity index (χ1n) is 6.68. The number of hydrogen-bond acceptors (Lipinski definition) is 3. The number of amides is 1. The zero-order valence-corrected chi connectivity index (χ0v) is 11.1. The number of rotatable bonds is 8. The van der Waals surface area contributed by atoms with E-state index in [4.69, 9.17) is 4.74 Å². The Bertz CT molecular complexity index is 221. The Balaban J connectivity index is 1.94. The topological polar surface area (TPSA) is 50.4 Å². The number of hydrogen-bond donors (Lipinski definition) is 2. The van der Waals surface area contributed by atoms with Crippen LogP contribution in [0.3, 0.4) is 0 Å². The molecule has 1 aliphatic carbocycles.